The summed E-state index contributed by atoms with van der Waals surface area (Å²) in [4.78, 5) is 0. The molecule has 0 aromatic carbocycles. The van der Waals surface area contributed by atoms with Crippen molar-refractivity contribution < 1.29 is 20.1 Å². The van der Waals surface area contributed by atoms with Gasteiger partial charge in [-0.15, -0.1) is 0 Å². The van der Waals surface area contributed by atoms with E-state index >= 15 is 0 Å². The first-order valence-electron chi connectivity index (χ1n) is 4.50. The largest absolute Gasteiger partial charge is 0.346 e. The second-order valence-corrected chi connectivity index (χ2v) is 2.12. The van der Waals surface area contributed by atoms with Crippen LogP contribution in [0.5, 0.6) is 0 Å². The van der Waals surface area contributed by atoms with Gasteiger partial charge in [-0.25, -0.2) is 38.5 Å². The normalized spacial score (nSPS) is 4.74. The zero-order valence-corrected chi connectivity index (χ0v) is 11.2. The molecule has 0 nitrogen and oxygen atoms in total. The monoisotopic (exact) mass is 457 g/mol. The molecule has 0 spiro atoms. The predicted octanol–water partition coefficient (Wildman–Crippen LogP) is 8.12. The topological polar surface area (TPSA) is 0 Å². The van der Waals surface area contributed by atoms with Crippen LogP contribution in [0.25, 0.3) is 0 Å². The smallest absolute Gasteiger partial charge is 0 e. The summed E-state index contributed by atoms with van der Waals surface area (Å²) in [5.74, 6) is 0. The van der Waals surface area contributed by atoms with Gasteiger partial charge in [0.2, 0.25) is 0 Å². The van der Waals surface area contributed by atoms with Crippen LogP contribution in [0.4, 0.5) is 0 Å². The van der Waals surface area contributed by atoms with Crippen molar-refractivity contribution in [2.75, 3.05) is 0 Å². The third kappa shape index (κ3) is 388. The SMILES string of the molecule is C.C.C.C.C.C.[CH2-]CC[CH2-].[CH2-]CC[CH2-].[CH2-]CC[CH2-].[Ir]. The Hall–Kier alpha value is 0.649. The van der Waals surface area contributed by atoms with E-state index in [9.17, 15) is 0 Å². The van der Waals surface area contributed by atoms with Crippen molar-refractivity contribution >= 4 is 0 Å². The van der Waals surface area contributed by atoms with Crippen molar-refractivity contribution in [2.45, 2.75) is 83.1 Å². The van der Waals surface area contributed by atoms with Gasteiger partial charge in [0.05, 0.1) is 0 Å². The van der Waals surface area contributed by atoms with Gasteiger partial charge in [0, 0.05) is 20.1 Å². The van der Waals surface area contributed by atoms with Crippen LogP contribution in [0.2, 0.25) is 0 Å². The van der Waals surface area contributed by atoms with Crippen molar-refractivity contribution in [3.63, 3.8) is 0 Å². The molecule has 0 bridgehead atoms. The van der Waals surface area contributed by atoms with Crippen LogP contribution in [0.3, 0.4) is 0 Å². The Labute approximate surface area is 144 Å². The summed E-state index contributed by atoms with van der Waals surface area (Å²) in [6.45, 7) is 21.2. The Morgan fingerprint density at radius 3 is 0.368 bits per heavy atom. The van der Waals surface area contributed by atoms with Crippen molar-refractivity contribution in [1.82, 2.24) is 0 Å². The molecule has 0 unspecified atom stereocenters. The van der Waals surface area contributed by atoms with Gasteiger partial charge >= 0.3 is 0 Å². The van der Waals surface area contributed by atoms with Crippen LogP contribution < -0.4 is 0 Å². The average Bonchev–Trinajstić information content (AvgIpc) is 2.18. The first kappa shape index (κ1) is 73.4. The Morgan fingerprint density at radius 2 is 0.368 bits per heavy atom. The molecule has 0 N–H and O–H groups in total. The van der Waals surface area contributed by atoms with Gasteiger partial charge < -0.3 is 41.5 Å². The van der Waals surface area contributed by atoms with Crippen LogP contribution >= 0.6 is 0 Å². The summed E-state index contributed by atoms with van der Waals surface area (Å²) >= 11 is 0. The molecule has 0 saturated carbocycles. The minimum Gasteiger partial charge on any atom is -0.346 e. The number of hydrogen-bond acceptors (Lipinski definition) is 0. The van der Waals surface area contributed by atoms with Gasteiger partial charge in [0.1, 0.15) is 0 Å². The van der Waals surface area contributed by atoms with Gasteiger partial charge in [-0.1, -0.05) is 44.6 Å². The summed E-state index contributed by atoms with van der Waals surface area (Å²) in [7, 11) is 0. The van der Waals surface area contributed by atoms with Crippen molar-refractivity contribution in [3.05, 3.63) is 41.5 Å². The summed E-state index contributed by atoms with van der Waals surface area (Å²) in [6, 6.07) is 0. The zero-order chi connectivity index (χ0) is 10.2. The van der Waals surface area contributed by atoms with Crippen molar-refractivity contribution in [1.29, 1.82) is 0 Å². The molecular formula is C18H48Ir-6. The third-order valence-corrected chi connectivity index (χ3v) is 0.750. The third-order valence-electron chi connectivity index (χ3n) is 0.750. The number of rotatable bonds is 3. The minimum atomic E-state index is 0. The minimum absolute atomic E-state index is 0. The fourth-order valence-electron chi connectivity index (χ4n) is 0. The van der Waals surface area contributed by atoms with Crippen LogP contribution in [-0.4, -0.2) is 0 Å². The van der Waals surface area contributed by atoms with E-state index in [1.54, 1.807) is 0 Å². The van der Waals surface area contributed by atoms with Gasteiger partial charge in [-0.2, -0.15) is 0 Å². The average molecular weight is 457 g/mol. The Balaban J connectivity index is -0.00000000675. The summed E-state index contributed by atoms with van der Waals surface area (Å²) in [6.07, 6.45) is 5.75. The molecule has 0 aliphatic heterocycles. The Morgan fingerprint density at radius 1 is 0.316 bits per heavy atom. The molecule has 0 aliphatic rings. The number of unbranched alkanes of at least 4 members (excludes halogenated alkanes) is 3. The van der Waals surface area contributed by atoms with Crippen LogP contribution in [-0.2, 0) is 20.1 Å². The van der Waals surface area contributed by atoms with Crippen LogP contribution in [0.15, 0.2) is 0 Å². The molecule has 0 fully saturated rings. The van der Waals surface area contributed by atoms with E-state index in [-0.39, 0.29) is 64.7 Å². The van der Waals surface area contributed by atoms with Gasteiger partial charge in [-0.3, -0.25) is 0 Å². The van der Waals surface area contributed by atoms with E-state index < -0.39 is 0 Å². The van der Waals surface area contributed by atoms with E-state index in [0.29, 0.717) is 0 Å². The van der Waals surface area contributed by atoms with E-state index in [1.165, 1.54) is 0 Å². The molecule has 0 heterocycles. The first-order chi connectivity index (χ1) is 5.74. The summed E-state index contributed by atoms with van der Waals surface area (Å²) in [5, 5.41) is 0. The molecule has 0 aromatic heterocycles. The predicted molar refractivity (Wildman–Crippen MR) is 100 cm³/mol. The van der Waals surface area contributed by atoms with Crippen LogP contribution in [0.1, 0.15) is 83.1 Å². The first-order valence-corrected chi connectivity index (χ1v) is 4.50. The molecule has 0 aromatic rings. The molecule has 135 valence electrons. The summed E-state index contributed by atoms with van der Waals surface area (Å²) in [5.41, 5.74) is 0. The number of hydrogen-bond donors (Lipinski definition) is 0. The molecule has 1 heteroatoms. The van der Waals surface area contributed by atoms with Crippen LogP contribution in [0, 0.1) is 41.5 Å². The fraction of sp³-hybridized carbons (Fsp3) is 0.667. The Kier molecular flexibility index (Phi) is 508. The molecule has 1 radical (unpaired) electrons. The molecule has 0 atom stereocenters. The van der Waals surface area contributed by atoms with Gasteiger partial charge in [0.25, 0.3) is 0 Å². The molecule has 0 rings (SSSR count). The van der Waals surface area contributed by atoms with Gasteiger partial charge in [0.15, 0.2) is 0 Å². The van der Waals surface area contributed by atoms with E-state index in [1.807, 2.05) is 0 Å². The molecule has 0 saturated heterocycles. The standard InChI is InChI=1S/3C4H8.6CH4.Ir/c3*1-3-4-2;;;;;;;/h3*1-4H2;6*1H4;/q3*-2;;;;;;;. The second kappa shape index (κ2) is 131. The van der Waals surface area contributed by atoms with Gasteiger partial charge in [-0.05, 0) is 0 Å². The molecule has 0 aliphatic carbocycles. The molecular weight excluding hydrogens is 408 g/mol. The fourth-order valence-corrected chi connectivity index (χ4v) is 0. The maximum Gasteiger partial charge on any atom is 0 e. The Bertz CT molecular complexity index is 21.2. The van der Waals surface area contributed by atoms with Crippen molar-refractivity contribution in [2.24, 2.45) is 0 Å². The molecule has 0 amide bonds. The van der Waals surface area contributed by atoms with E-state index in [0.717, 1.165) is 38.5 Å². The van der Waals surface area contributed by atoms with E-state index in [4.69, 9.17) is 0 Å². The van der Waals surface area contributed by atoms with Crippen molar-refractivity contribution in [3.8, 4) is 0 Å². The van der Waals surface area contributed by atoms with E-state index in [2.05, 4.69) is 41.5 Å². The maximum atomic E-state index is 3.54. The zero-order valence-electron chi connectivity index (χ0n) is 8.82. The quantitative estimate of drug-likeness (QED) is 0.376. The summed E-state index contributed by atoms with van der Waals surface area (Å²) < 4.78 is 0. The maximum absolute atomic E-state index is 3.54. The second-order valence-electron chi connectivity index (χ2n) is 2.12. The molecule has 19 heavy (non-hydrogen) atoms.